The summed E-state index contributed by atoms with van der Waals surface area (Å²) in [4.78, 5) is 33.5. The molecule has 0 aliphatic carbocycles. The van der Waals surface area contributed by atoms with E-state index in [0.717, 1.165) is 0 Å². The smallest absolute Gasteiger partial charge is 0.306 e. The van der Waals surface area contributed by atoms with Gasteiger partial charge in [0.25, 0.3) is 5.91 Å². The van der Waals surface area contributed by atoms with Crippen LogP contribution < -0.4 is 5.32 Å². The Morgan fingerprint density at radius 3 is 2.00 bits per heavy atom. The fourth-order valence-electron chi connectivity index (χ4n) is 1.07. The quantitative estimate of drug-likeness (QED) is 0.683. The Labute approximate surface area is 107 Å². The van der Waals surface area contributed by atoms with Crippen LogP contribution >= 0.6 is 0 Å². The lowest BCUT2D eigenvalue weighted by atomic mass is 10.3. The molecule has 2 atom stereocenters. The normalized spacial score (nSPS) is 13.3. The van der Waals surface area contributed by atoms with Crippen LogP contribution in [0.15, 0.2) is 0 Å². The number of carbonyl (C=O) groups excluding carboxylic acids is 3. The second-order valence-electron chi connectivity index (χ2n) is 3.88. The molecule has 0 heterocycles. The summed E-state index contributed by atoms with van der Waals surface area (Å²) in [6, 6.07) is 0. The van der Waals surface area contributed by atoms with E-state index in [-0.39, 0.29) is 18.9 Å². The molecule has 0 radical (unpaired) electrons. The van der Waals surface area contributed by atoms with Gasteiger partial charge in [0.1, 0.15) is 6.10 Å². The summed E-state index contributed by atoms with van der Waals surface area (Å²) in [6.07, 6.45) is -0.729. The highest BCUT2D eigenvalue weighted by Gasteiger charge is 2.17. The van der Waals surface area contributed by atoms with Gasteiger partial charge in [0.2, 0.25) is 0 Å². The van der Waals surface area contributed by atoms with Crippen LogP contribution in [0.2, 0.25) is 0 Å². The van der Waals surface area contributed by atoms with Crippen LogP contribution in [0.5, 0.6) is 0 Å². The first-order chi connectivity index (χ1) is 8.40. The third-order valence-corrected chi connectivity index (χ3v) is 2.15. The number of ether oxygens (including phenoxy) is 2. The van der Waals surface area contributed by atoms with Gasteiger partial charge in [-0.25, -0.2) is 0 Å². The predicted molar refractivity (Wildman–Crippen MR) is 64.7 cm³/mol. The zero-order valence-corrected chi connectivity index (χ0v) is 11.3. The molecular formula is C12H21NO5. The van der Waals surface area contributed by atoms with E-state index in [0.29, 0.717) is 6.42 Å². The van der Waals surface area contributed by atoms with Crippen LogP contribution in [0.4, 0.5) is 0 Å². The largest absolute Gasteiger partial charge is 0.461 e. The van der Waals surface area contributed by atoms with Gasteiger partial charge in [-0.05, 0) is 13.8 Å². The lowest BCUT2D eigenvalue weighted by Gasteiger charge is -2.16. The van der Waals surface area contributed by atoms with E-state index in [4.69, 9.17) is 9.47 Å². The van der Waals surface area contributed by atoms with Crippen LogP contribution in [0, 0.1) is 0 Å². The zero-order chi connectivity index (χ0) is 14.1. The molecule has 0 rings (SSSR count). The monoisotopic (exact) mass is 259 g/mol. The Kier molecular flexibility index (Phi) is 7.74. The van der Waals surface area contributed by atoms with Crippen molar-refractivity contribution in [2.45, 2.75) is 52.7 Å². The highest BCUT2D eigenvalue weighted by molar-refractivity contribution is 5.83. The van der Waals surface area contributed by atoms with Crippen molar-refractivity contribution in [2.24, 2.45) is 0 Å². The molecule has 0 aromatic carbocycles. The maximum atomic E-state index is 11.5. The molecule has 0 aliphatic heterocycles. The fourth-order valence-corrected chi connectivity index (χ4v) is 1.07. The van der Waals surface area contributed by atoms with Crippen LogP contribution in [-0.2, 0) is 23.9 Å². The SMILES string of the molecule is CCC(=O)OC(C)CNC(=O)C(C)OC(=O)CC. The third kappa shape index (κ3) is 6.88. The number of nitrogens with one attached hydrogen (secondary N) is 1. The number of hydrogen-bond acceptors (Lipinski definition) is 5. The summed E-state index contributed by atoms with van der Waals surface area (Å²) in [5.41, 5.74) is 0. The summed E-state index contributed by atoms with van der Waals surface area (Å²) in [7, 11) is 0. The van der Waals surface area contributed by atoms with E-state index in [2.05, 4.69) is 5.32 Å². The van der Waals surface area contributed by atoms with Crippen molar-refractivity contribution in [1.29, 1.82) is 0 Å². The molecule has 0 aliphatic rings. The van der Waals surface area contributed by atoms with Crippen molar-refractivity contribution in [3.63, 3.8) is 0 Å². The molecule has 2 unspecified atom stereocenters. The van der Waals surface area contributed by atoms with Crippen LogP contribution in [0.25, 0.3) is 0 Å². The van der Waals surface area contributed by atoms with Gasteiger partial charge in [0.05, 0.1) is 6.54 Å². The van der Waals surface area contributed by atoms with Gasteiger partial charge in [-0.2, -0.15) is 0 Å². The topological polar surface area (TPSA) is 81.7 Å². The number of esters is 2. The maximum absolute atomic E-state index is 11.5. The highest BCUT2D eigenvalue weighted by atomic mass is 16.6. The fraction of sp³-hybridized carbons (Fsp3) is 0.750. The number of hydrogen-bond donors (Lipinski definition) is 1. The molecule has 0 fully saturated rings. The minimum atomic E-state index is -0.841. The highest BCUT2D eigenvalue weighted by Crippen LogP contribution is 1.96. The number of rotatable bonds is 7. The van der Waals surface area contributed by atoms with Gasteiger partial charge < -0.3 is 14.8 Å². The van der Waals surface area contributed by atoms with Crippen molar-refractivity contribution in [3.05, 3.63) is 0 Å². The Balaban J connectivity index is 3.94. The number of amides is 1. The maximum Gasteiger partial charge on any atom is 0.306 e. The summed E-state index contributed by atoms with van der Waals surface area (Å²) in [6.45, 7) is 6.71. The number of carbonyl (C=O) groups is 3. The molecule has 0 aromatic rings. The van der Waals surface area contributed by atoms with Gasteiger partial charge in [0.15, 0.2) is 6.10 Å². The Hall–Kier alpha value is -1.59. The van der Waals surface area contributed by atoms with Crippen molar-refractivity contribution < 1.29 is 23.9 Å². The van der Waals surface area contributed by atoms with E-state index < -0.39 is 24.1 Å². The van der Waals surface area contributed by atoms with Crippen molar-refractivity contribution in [3.8, 4) is 0 Å². The summed E-state index contributed by atoms with van der Waals surface area (Å²) < 4.78 is 9.81. The summed E-state index contributed by atoms with van der Waals surface area (Å²) in [5.74, 6) is -1.15. The Morgan fingerprint density at radius 1 is 1.00 bits per heavy atom. The molecule has 18 heavy (non-hydrogen) atoms. The van der Waals surface area contributed by atoms with Crippen LogP contribution in [0.1, 0.15) is 40.5 Å². The molecular weight excluding hydrogens is 238 g/mol. The van der Waals surface area contributed by atoms with E-state index in [1.807, 2.05) is 0 Å². The molecule has 0 aromatic heterocycles. The van der Waals surface area contributed by atoms with Gasteiger partial charge in [-0.1, -0.05) is 13.8 Å². The minimum absolute atomic E-state index is 0.193. The van der Waals surface area contributed by atoms with E-state index in [1.54, 1.807) is 20.8 Å². The molecule has 1 amide bonds. The minimum Gasteiger partial charge on any atom is -0.461 e. The summed E-state index contributed by atoms with van der Waals surface area (Å²) >= 11 is 0. The first kappa shape index (κ1) is 16.4. The second-order valence-corrected chi connectivity index (χ2v) is 3.88. The van der Waals surface area contributed by atoms with Gasteiger partial charge in [-0.3, -0.25) is 14.4 Å². The first-order valence-corrected chi connectivity index (χ1v) is 6.07. The molecule has 0 spiro atoms. The molecule has 0 saturated heterocycles. The van der Waals surface area contributed by atoms with E-state index in [9.17, 15) is 14.4 Å². The lowest BCUT2D eigenvalue weighted by Crippen LogP contribution is -2.40. The second kappa shape index (κ2) is 8.49. The van der Waals surface area contributed by atoms with Crippen molar-refractivity contribution in [1.82, 2.24) is 5.32 Å². The predicted octanol–water partition coefficient (Wildman–Crippen LogP) is 0.786. The van der Waals surface area contributed by atoms with E-state index >= 15 is 0 Å². The van der Waals surface area contributed by atoms with Gasteiger partial charge in [-0.15, -0.1) is 0 Å². The van der Waals surface area contributed by atoms with Crippen molar-refractivity contribution >= 4 is 17.8 Å². The van der Waals surface area contributed by atoms with Crippen LogP contribution in [-0.4, -0.2) is 36.6 Å². The average Bonchev–Trinajstić information content (AvgIpc) is 2.35. The Morgan fingerprint density at radius 2 is 1.50 bits per heavy atom. The van der Waals surface area contributed by atoms with Crippen molar-refractivity contribution in [2.75, 3.05) is 6.54 Å². The molecule has 6 nitrogen and oxygen atoms in total. The molecule has 0 bridgehead atoms. The Bertz CT molecular complexity index is 303. The molecule has 0 saturated carbocycles. The van der Waals surface area contributed by atoms with Gasteiger partial charge >= 0.3 is 11.9 Å². The van der Waals surface area contributed by atoms with Gasteiger partial charge in [0, 0.05) is 12.8 Å². The molecule has 6 heteroatoms. The zero-order valence-electron chi connectivity index (χ0n) is 11.3. The standard InChI is InChI=1S/C12H21NO5/c1-5-10(14)17-8(3)7-13-12(16)9(4)18-11(15)6-2/h8-9H,5-7H2,1-4H3,(H,13,16). The lowest BCUT2D eigenvalue weighted by molar-refractivity contribution is -0.155. The van der Waals surface area contributed by atoms with Crippen LogP contribution in [0.3, 0.4) is 0 Å². The summed E-state index contributed by atoms with van der Waals surface area (Å²) in [5, 5.41) is 2.55. The average molecular weight is 259 g/mol. The third-order valence-electron chi connectivity index (χ3n) is 2.15. The molecule has 1 N–H and O–H groups in total. The first-order valence-electron chi connectivity index (χ1n) is 6.07. The molecule has 104 valence electrons. The van der Waals surface area contributed by atoms with E-state index in [1.165, 1.54) is 6.92 Å².